The predicted octanol–water partition coefficient (Wildman–Crippen LogP) is 1.47. The van der Waals surface area contributed by atoms with Gasteiger partial charge in [-0.1, -0.05) is 17.7 Å². The van der Waals surface area contributed by atoms with Crippen LogP contribution < -0.4 is 5.32 Å². The van der Waals surface area contributed by atoms with Gasteiger partial charge in [0.1, 0.15) is 0 Å². The number of ether oxygens (including phenoxy) is 1. The number of amidine groups is 1. The van der Waals surface area contributed by atoms with E-state index in [1.54, 1.807) is 24.3 Å². The van der Waals surface area contributed by atoms with Crippen LogP contribution in [0.5, 0.6) is 0 Å². The third-order valence-electron chi connectivity index (χ3n) is 1.63. The molecule has 0 bridgehead atoms. The molecule has 1 aliphatic rings. The van der Waals surface area contributed by atoms with Gasteiger partial charge in [-0.25, -0.2) is 0 Å². The van der Waals surface area contributed by atoms with Gasteiger partial charge in [-0.05, 0) is 18.2 Å². The Morgan fingerprint density at radius 1 is 1.50 bits per heavy atom. The van der Waals surface area contributed by atoms with Gasteiger partial charge in [-0.2, -0.15) is 4.99 Å². The summed E-state index contributed by atoms with van der Waals surface area (Å²) in [5.74, 6) is -0.189. The minimum Gasteiger partial charge on any atom is -0.455 e. The molecule has 5 heteroatoms. The molecule has 1 heterocycles. The zero-order valence-corrected chi connectivity index (χ0v) is 7.91. The molecule has 2 rings (SSSR count). The van der Waals surface area contributed by atoms with E-state index in [2.05, 4.69) is 10.3 Å². The molecule has 0 atom stereocenters. The molecule has 1 N–H and O–H groups in total. The molecule has 1 saturated heterocycles. The second-order valence-electron chi connectivity index (χ2n) is 2.73. The van der Waals surface area contributed by atoms with Crippen molar-refractivity contribution < 1.29 is 9.53 Å². The monoisotopic (exact) mass is 210 g/mol. The van der Waals surface area contributed by atoms with E-state index in [1.165, 1.54) is 0 Å². The third-order valence-corrected chi connectivity index (χ3v) is 1.86. The highest BCUT2D eigenvalue weighted by Gasteiger charge is 2.16. The summed E-state index contributed by atoms with van der Waals surface area (Å²) in [6, 6.07) is 7.20. The Morgan fingerprint density at radius 2 is 2.36 bits per heavy atom. The maximum atomic E-state index is 10.8. The Labute approximate surface area is 85.5 Å². The Morgan fingerprint density at radius 3 is 3.00 bits per heavy atom. The number of rotatable bonds is 1. The Balaban J connectivity index is 2.21. The van der Waals surface area contributed by atoms with Gasteiger partial charge in [0.25, 0.3) is 11.9 Å². The molecule has 1 aliphatic heterocycles. The summed E-state index contributed by atoms with van der Waals surface area (Å²) in [5, 5.41) is 3.06. The summed E-state index contributed by atoms with van der Waals surface area (Å²) in [6.45, 7) is 0.0272. The molecule has 1 aromatic rings. The van der Waals surface area contributed by atoms with E-state index in [9.17, 15) is 4.79 Å². The van der Waals surface area contributed by atoms with Crippen LogP contribution in [-0.2, 0) is 9.53 Å². The summed E-state index contributed by atoms with van der Waals surface area (Å²) in [5.41, 5.74) is 0.648. The quantitative estimate of drug-likeness (QED) is 0.763. The molecular formula is C9H7ClN2O2. The Bertz CT molecular complexity index is 404. The fraction of sp³-hybridized carbons (Fsp3) is 0.111. The highest BCUT2D eigenvalue weighted by atomic mass is 35.5. The zero-order valence-electron chi connectivity index (χ0n) is 7.16. The van der Waals surface area contributed by atoms with Crippen LogP contribution in [0.25, 0.3) is 0 Å². The molecular weight excluding hydrogens is 204 g/mol. The summed E-state index contributed by atoms with van der Waals surface area (Å²) in [6.07, 6.45) is 0. The number of amides is 1. The SMILES string of the molecule is O=C1COC(=Nc2cccc(Cl)c2)N1. The second-order valence-corrected chi connectivity index (χ2v) is 3.17. The number of carbonyl (C=O) groups excluding carboxylic acids is 1. The summed E-state index contributed by atoms with van der Waals surface area (Å²) in [7, 11) is 0. The number of aliphatic imine (C=N–C) groups is 1. The second kappa shape index (κ2) is 3.67. The van der Waals surface area contributed by atoms with Crippen LogP contribution in [0.15, 0.2) is 29.3 Å². The topological polar surface area (TPSA) is 50.7 Å². The normalized spacial score (nSPS) is 18.1. The van der Waals surface area contributed by atoms with Gasteiger partial charge in [0.05, 0.1) is 5.69 Å². The zero-order chi connectivity index (χ0) is 9.97. The first kappa shape index (κ1) is 9.02. The van der Waals surface area contributed by atoms with Crippen molar-refractivity contribution >= 4 is 29.2 Å². The van der Waals surface area contributed by atoms with Crippen LogP contribution in [0.1, 0.15) is 0 Å². The van der Waals surface area contributed by atoms with Crippen LogP contribution in [-0.4, -0.2) is 18.5 Å². The molecule has 0 saturated carbocycles. The van der Waals surface area contributed by atoms with Gasteiger partial charge >= 0.3 is 0 Å². The fourth-order valence-corrected chi connectivity index (χ4v) is 1.23. The van der Waals surface area contributed by atoms with Gasteiger partial charge in [-0.3, -0.25) is 10.1 Å². The van der Waals surface area contributed by atoms with Crippen molar-refractivity contribution in [1.82, 2.24) is 5.32 Å². The number of hydrogen-bond donors (Lipinski definition) is 1. The number of halogens is 1. The van der Waals surface area contributed by atoms with Crippen LogP contribution in [0.3, 0.4) is 0 Å². The summed E-state index contributed by atoms with van der Waals surface area (Å²) < 4.78 is 4.96. The maximum Gasteiger partial charge on any atom is 0.297 e. The van der Waals surface area contributed by atoms with E-state index >= 15 is 0 Å². The minimum atomic E-state index is -0.189. The minimum absolute atomic E-state index is 0.0272. The third kappa shape index (κ3) is 2.03. The van der Waals surface area contributed by atoms with Crippen molar-refractivity contribution in [1.29, 1.82) is 0 Å². The average molecular weight is 211 g/mol. The molecule has 14 heavy (non-hydrogen) atoms. The molecule has 72 valence electrons. The van der Waals surface area contributed by atoms with Gasteiger partial charge in [0.2, 0.25) is 0 Å². The standard InChI is InChI=1S/C9H7ClN2O2/c10-6-2-1-3-7(4-6)11-9-12-8(13)5-14-9/h1-4H,5H2,(H,11,12,13). The lowest BCUT2D eigenvalue weighted by Crippen LogP contribution is -2.20. The van der Waals surface area contributed by atoms with E-state index < -0.39 is 0 Å². The molecule has 0 unspecified atom stereocenters. The number of carbonyl (C=O) groups is 1. The van der Waals surface area contributed by atoms with Gasteiger partial charge in [0.15, 0.2) is 6.61 Å². The summed E-state index contributed by atoms with van der Waals surface area (Å²) >= 11 is 5.76. The van der Waals surface area contributed by atoms with Crippen LogP contribution in [0.2, 0.25) is 5.02 Å². The largest absolute Gasteiger partial charge is 0.455 e. The first-order chi connectivity index (χ1) is 6.74. The van der Waals surface area contributed by atoms with E-state index in [0.717, 1.165) is 0 Å². The molecule has 1 aromatic carbocycles. The molecule has 0 aliphatic carbocycles. The highest BCUT2D eigenvalue weighted by molar-refractivity contribution is 6.30. The molecule has 0 spiro atoms. The van der Waals surface area contributed by atoms with Crippen molar-refractivity contribution in [3.63, 3.8) is 0 Å². The number of benzene rings is 1. The van der Waals surface area contributed by atoms with Crippen LogP contribution in [0.4, 0.5) is 5.69 Å². The lowest BCUT2D eigenvalue weighted by molar-refractivity contribution is -0.119. The average Bonchev–Trinajstić information content (AvgIpc) is 2.51. The van der Waals surface area contributed by atoms with Crippen LogP contribution in [0, 0.1) is 0 Å². The molecule has 0 aromatic heterocycles. The van der Waals surface area contributed by atoms with Crippen molar-refractivity contribution in [2.45, 2.75) is 0 Å². The van der Waals surface area contributed by atoms with Gasteiger partial charge < -0.3 is 4.74 Å². The number of nitrogens with one attached hydrogen (secondary N) is 1. The molecule has 0 radical (unpaired) electrons. The van der Waals surface area contributed by atoms with E-state index in [4.69, 9.17) is 16.3 Å². The lowest BCUT2D eigenvalue weighted by atomic mass is 10.3. The number of nitrogens with zero attached hydrogens (tertiary/aromatic N) is 1. The smallest absolute Gasteiger partial charge is 0.297 e. The van der Waals surface area contributed by atoms with E-state index in [1.807, 2.05) is 0 Å². The van der Waals surface area contributed by atoms with Crippen molar-refractivity contribution in [2.75, 3.05) is 6.61 Å². The van der Waals surface area contributed by atoms with E-state index in [0.29, 0.717) is 10.7 Å². The van der Waals surface area contributed by atoms with Gasteiger partial charge in [0, 0.05) is 5.02 Å². The highest BCUT2D eigenvalue weighted by Crippen LogP contribution is 2.18. The summed E-state index contributed by atoms with van der Waals surface area (Å²) in [4.78, 5) is 14.8. The first-order valence-corrected chi connectivity index (χ1v) is 4.39. The molecule has 1 fully saturated rings. The first-order valence-electron chi connectivity index (χ1n) is 4.01. The number of hydrogen-bond acceptors (Lipinski definition) is 3. The van der Waals surface area contributed by atoms with Crippen molar-refractivity contribution in [3.8, 4) is 0 Å². The molecule has 1 amide bonds. The van der Waals surface area contributed by atoms with E-state index in [-0.39, 0.29) is 18.5 Å². The Kier molecular flexibility index (Phi) is 2.37. The maximum absolute atomic E-state index is 10.8. The molecule has 4 nitrogen and oxygen atoms in total. The van der Waals surface area contributed by atoms with Crippen molar-refractivity contribution in [3.05, 3.63) is 29.3 Å². The van der Waals surface area contributed by atoms with Crippen LogP contribution >= 0.6 is 11.6 Å². The Hall–Kier alpha value is -1.55. The fourth-order valence-electron chi connectivity index (χ4n) is 1.05. The predicted molar refractivity (Wildman–Crippen MR) is 52.6 cm³/mol. The van der Waals surface area contributed by atoms with Gasteiger partial charge in [-0.15, -0.1) is 0 Å². The van der Waals surface area contributed by atoms with Crippen molar-refractivity contribution in [2.24, 2.45) is 4.99 Å². The lowest BCUT2D eigenvalue weighted by Gasteiger charge is -1.96.